The van der Waals surface area contributed by atoms with Crippen LogP contribution in [0.5, 0.6) is 0 Å². The standard InChI is InChI=1S/C53H99O23P/c1-3-5-7-9-11-13-15-17-18-20-22-24-26-28-30-39(57)71-35(33-69-38(56)29-27-25-23-21-19-16-14-12-10-8-6-4-2)34-70-77(67,68)76-51-49(74-52-47(65)42(60)40(58)36(31-54)72-52)45(63)44(62)46(64)50(51)75-53-48(66)43(61)41(59)37(32-55)73-53/h35-37,40-55,58-66H,3-34H2,1-2H3,(H,67,68). The van der Waals surface area contributed by atoms with E-state index < -0.39 is 150 Å². The van der Waals surface area contributed by atoms with Gasteiger partial charge in [-0.05, 0) is 12.8 Å². The predicted molar refractivity (Wildman–Crippen MR) is 277 cm³/mol. The van der Waals surface area contributed by atoms with Crippen molar-refractivity contribution in [3.05, 3.63) is 0 Å². The fraction of sp³-hybridized carbons (Fsp3) is 0.962. The number of aliphatic hydroxyl groups is 11. The quantitative estimate of drug-likeness (QED) is 0.0237. The van der Waals surface area contributed by atoms with Crippen molar-refractivity contribution >= 4 is 19.8 Å². The van der Waals surface area contributed by atoms with Crippen molar-refractivity contribution in [2.24, 2.45) is 0 Å². The minimum absolute atomic E-state index is 0.0251. The highest BCUT2D eigenvalue weighted by molar-refractivity contribution is 7.47. The molecule has 2 saturated heterocycles. The number of aliphatic hydroxyl groups excluding tert-OH is 11. The molecule has 3 aliphatic rings. The number of unbranched alkanes of at least 4 members (excludes halogenated alkanes) is 24. The third-order valence-corrected chi connectivity index (χ3v) is 15.7. The average molecular weight is 1140 g/mol. The Morgan fingerprint density at radius 1 is 0.442 bits per heavy atom. The lowest BCUT2D eigenvalue weighted by Gasteiger charge is -2.49. The first kappa shape index (κ1) is 69.7. The number of hydrogen-bond donors (Lipinski definition) is 12. The Kier molecular flexibility index (Phi) is 35.3. The molecule has 23 nitrogen and oxygen atoms in total. The van der Waals surface area contributed by atoms with Crippen LogP contribution in [0.3, 0.4) is 0 Å². The molecule has 0 aromatic carbocycles. The highest BCUT2D eigenvalue weighted by Gasteiger charge is 2.58. The Balaban J connectivity index is 1.72. The lowest BCUT2D eigenvalue weighted by Crippen LogP contribution is -2.69. The highest BCUT2D eigenvalue weighted by atomic mass is 31.2. The highest BCUT2D eigenvalue weighted by Crippen LogP contribution is 2.49. The van der Waals surface area contributed by atoms with Crippen molar-refractivity contribution in [1.82, 2.24) is 0 Å². The topological polar surface area (TPSA) is 368 Å². The van der Waals surface area contributed by atoms with E-state index in [-0.39, 0.29) is 12.8 Å². The van der Waals surface area contributed by atoms with E-state index in [1.165, 1.54) is 96.3 Å². The monoisotopic (exact) mass is 1130 g/mol. The van der Waals surface area contributed by atoms with E-state index >= 15 is 0 Å². The molecule has 3 rings (SSSR count). The van der Waals surface area contributed by atoms with E-state index in [9.17, 15) is 75.2 Å². The fourth-order valence-corrected chi connectivity index (χ4v) is 10.8. The molecule has 454 valence electrons. The largest absolute Gasteiger partial charge is 0.472 e. The van der Waals surface area contributed by atoms with Gasteiger partial charge in [-0.15, -0.1) is 0 Å². The van der Waals surface area contributed by atoms with E-state index in [1.54, 1.807) is 0 Å². The molecule has 0 bridgehead atoms. The number of ether oxygens (including phenoxy) is 6. The van der Waals surface area contributed by atoms with Crippen LogP contribution in [0.2, 0.25) is 0 Å². The summed E-state index contributed by atoms with van der Waals surface area (Å²) in [5, 5.41) is 116. The van der Waals surface area contributed by atoms with Crippen molar-refractivity contribution in [1.29, 1.82) is 0 Å². The molecule has 0 spiro atoms. The molecule has 2 heterocycles. The second kappa shape index (κ2) is 39.0. The summed E-state index contributed by atoms with van der Waals surface area (Å²) < 4.78 is 58.0. The molecule has 16 atom stereocenters. The van der Waals surface area contributed by atoms with Crippen molar-refractivity contribution in [2.45, 2.75) is 298 Å². The summed E-state index contributed by atoms with van der Waals surface area (Å²) in [6, 6.07) is 0. The Bertz CT molecular complexity index is 1550. The maximum absolute atomic E-state index is 14.0. The van der Waals surface area contributed by atoms with Gasteiger partial charge in [0.2, 0.25) is 0 Å². The van der Waals surface area contributed by atoms with Gasteiger partial charge in [-0.3, -0.25) is 18.6 Å². The summed E-state index contributed by atoms with van der Waals surface area (Å²) in [6.07, 6.45) is -6.18. The van der Waals surface area contributed by atoms with Crippen LogP contribution < -0.4 is 0 Å². The third-order valence-electron chi connectivity index (χ3n) is 14.7. The Hall–Kier alpha value is -1.55. The van der Waals surface area contributed by atoms with E-state index in [1.807, 2.05) is 0 Å². The molecule has 24 heteroatoms. The van der Waals surface area contributed by atoms with Crippen LogP contribution in [0.4, 0.5) is 0 Å². The number of phosphoric ester groups is 1. The van der Waals surface area contributed by atoms with E-state index in [2.05, 4.69) is 13.8 Å². The predicted octanol–water partition coefficient (Wildman–Crippen LogP) is 3.37. The molecular formula is C53H99O23P. The Morgan fingerprint density at radius 2 is 0.779 bits per heavy atom. The van der Waals surface area contributed by atoms with Crippen LogP contribution in [0, 0.1) is 0 Å². The SMILES string of the molecule is CCCCCCCCCCCCCCCCC(=O)OC(COC(=O)CCCCCCCCCCCCCC)COP(=O)(O)OC1C(OC2OC(CO)C(O)C(O)C2O)C(O)C(O)C(O)C1OC1OC(CO)C(O)C(O)C1O. The van der Waals surface area contributed by atoms with E-state index in [0.29, 0.717) is 12.8 Å². The number of rotatable bonds is 42. The van der Waals surface area contributed by atoms with Gasteiger partial charge in [0.15, 0.2) is 18.7 Å². The zero-order valence-corrected chi connectivity index (χ0v) is 46.6. The smallest absolute Gasteiger partial charge is 0.462 e. The fourth-order valence-electron chi connectivity index (χ4n) is 9.83. The zero-order chi connectivity index (χ0) is 56.8. The van der Waals surface area contributed by atoms with Crippen LogP contribution in [0.1, 0.15) is 194 Å². The number of phosphoric acid groups is 1. The first-order valence-corrected chi connectivity index (χ1v) is 30.4. The van der Waals surface area contributed by atoms with Gasteiger partial charge in [-0.2, -0.15) is 0 Å². The van der Waals surface area contributed by atoms with Crippen LogP contribution in [0.15, 0.2) is 0 Å². The molecule has 12 N–H and O–H groups in total. The maximum Gasteiger partial charge on any atom is 0.472 e. The van der Waals surface area contributed by atoms with Gasteiger partial charge in [0.25, 0.3) is 0 Å². The van der Waals surface area contributed by atoms with Gasteiger partial charge < -0.3 is 89.5 Å². The van der Waals surface area contributed by atoms with Crippen LogP contribution >= 0.6 is 7.82 Å². The molecule has 0 aromatic rings. The van der Waals surface area contributed by atoms with Crippen LogP contribution in [-0.2, 0) is 51.6 Å². The molecule has 0 aromatic heterocycles. The molecule has 3 fully saturated rings. The number of esters is 2. The molecule has 16 unspecified atom stereocenters. The normalized spacial score (nSPS) is 31.9. The maximum atomic E-state index is 14.0. The lowest BCUT2D eigenvalue weighted by atomic mass is 9.84. The van der Waals surface area contributed by atoms with Gasteiger partial charge in [-0.1, -0.05) is 168 Å². The summed E-state index contributed by atoms with van der Waals surface area (Å²) in [5.74, 6) is -1.32. The summed E-state index contributed by atoms with van der Waals surface area (Å²) >= 11 is 0. The van der Waals surface area contributed by atoms with Gasteiger partial charge in [-0.25, -0.2) is 4.57 Å². The number of carbonyl (C=O) groups excluding carboxylic acids is 2. The summed E-state index contributed by atoms with van der Waals surface area (Å²) in [4.78, 5) is 37.4. The molecule has 77 heavy (non-hydrogen) atoms. The summed E-state index contributed by atoms with van der Waals surface area (Å²) in [6.45, 7) is 1.01. The molecule has 1 saturated carbocycles. The number of hydrogen-bond acceptors (Lipinski definition) is 22. The van der Waals surface area contributed by atoms with E-state index in [0.717, 1.165) is 57.8 Å². The Labute approximate surface area is 455 Å². The van der Waals surface area contributed by atoms with Gasteiger partial charge in [0.1, 0.15) is 92.1 Å². The second-order valence-corrected chi connectivity index (χ2v) is 22.6. The van der Waals surface area contributed by atoms with Gasteiger partial charge in [0.05, 0.1) is 19.8 Å². The van der Waals surface area contributed by atoms with Crippen molar-refractivity contribution in [3.63, 3.8) is 0 Å². The molecule has 2 aliphatic heterocycles. The summed E-state index contributed by atoms with van der Waals surface area (Å²) in [7, 11) is -5.63. The van der Waals surface area contributed by atoms with Crippen molar-refractivity contribution in [2.75, 3.05) is 26.4 Å². The third kappa shape index (κ3) is 25.2. The second-order valence-electron chi connectivity index (χ2n) is 21.2. The first-order chi connectivity index (χ1) is 36.9. The van der Waals surface area contributed by atoms with Crippen LogP contribution in [-0.4, -0.2) is 204 Å². The van der Waals surface area contributed by atoms with Crippen LogP contribution in [0.25, 0.3) is 0 Å². The molecular weight excluding hydrogens is 1040 g/mol. The summed E-state index contributed by atoms with van der Waals surface area (Å²) in [5.41, 5.74) is 0. The van der Waals surface area contributed by atoms with Gasteiger partial charge >= 0.3 is 19.8 Å². The minimum atomic E-state index is -5.63. The van der Waals surface area contributed by atoms with Gasteiger partial charge in [0, 0.05) is 12.8 Å². The number of carbonyl (C=O) groups is 2. The lowest BCUT2D eigenvalue weighted by molar-refractivity contribution is -0.360. The van der Waals surface area contributed by atoms with E-state index in [4.69, 9.17) is 37.5 Å². The van der Waals surface area contributed by atoms with Crippen molar-refractivity contribution < 1.29 is 113 Å². The zero-order valence-electron chi connectivity index (χ0n) is 45.7. The first-order valence-electron chi connectivity index (χ1n) is 28.9. The molecule has 0 radical (unpaired) electrons. The minimum Gasteiger partial charge on any atom is -0.462 e. The van der Waals surface area contributed by atoms with Crippen molar-refractivity contribution in [3.8, 4) is 0 Å². The Morgan fingerprint density at radius 3 is 1.14 bits per heavy atom. The molecule has 0 amide bonds. The molecule has 1 aliphatic carbocycles. The average Bonchev–Trinajstić information content (AvgIpc) is 3.43.